The van der Waals surface area contributed by atoms with Gasteiger partial charge in [-0.2, -0.15) is 0 Å². The Bertz CT molecular complexity index is 198. The minimum atomic E-state index is -0.438. The molecule has 56 valence electrons. The highest BCUT2D eigenvalue weighted by molar-refractivity contribution is 5.77. The van der Waals surface area contributed by atoms with Crippen LogP contribution in [0.3, 0.4) is 0 Å². The second-order valence-electron chi connectivity index (χ2n) is 2.00. The van der Waals surface area contributed by atoms with E-state index in [1.165, 1.54) is 0 Å². The first-order valence-corrected chi connectivity index (χ1v) is 2.68. The van der Waals surface area contributed by atoms with Crippen LogP contribution in [0.1, 0.15) is 0 Å². The second kappa shape index (κ2) is 2.07. The third-order valence-corrected chi connectivity index (χ3v) is 1.19. The van der Waals surface area contributed by atoms with Crippen LogP contribution in [0.25, 0.3) is 0 Å². The number of carbonyl (C=O) groups is 1. The lowest BCUT2D eigenvalue weighted by molar-refractivity contribution is 0.201. The molecule has 0 saturated heterocycles. The topological polar surface area (TPSA) is 110 Å². The van der Waals surface area contributed by atoms with Gasteiger partial charge in [-0.3, -0.25) is 10.3 Å². The lowest BCUT2D eigenvalue weighted by atomic mass is 10.4. The number of rotatable bonds is 0. The molecule has 1 aliphatic rings. The Kier molecular flexibility index (Phi) is 1.38. The molecular weight excluding hydrogens is 134 g/mol. The molecule has 10 heavy (non-hydrogen) atoms. The van der Waals surface area contributed by atoms with Gasteiger partial charge in [-0.25, -0.2) is 10.6 Å². The number of nitrogens with one attached hydrogen (secondary N) is 1. The number of hydrogen-bond donors (Lipinski definition) is 4. The molecule has 0 bridgehead atoms. The molecule has 0 saturated carbocycles. The molecule has 0 atom stereocenters. The van der Waals surface area contributed by atoms with Crippen LogP contribution in [0.5, 0.6) is 0 Å². The normalized spacial score (nSPS) is 19.3. The Morgan fingerprint density at radius 1 is 1.50 bits per heavy atom. The van der Waals surface area contributed by atoms with Crippen molar-refractivity contribution in [2.75, 3.05) is 6.54 Å². The zero-order valence-corrected chi connectivity index (χ0v) is 5.29. The van der Waals surface area contributed by atoms with Crippen LogP contribution in [0.2, 0.25) is 0 Å². The second-order valence-corrected chi connectivity index (χ2v) is 2.00. The largest absolute Gasteiger partial charge is 0.398 e. The molecule has 1 heterocycles. The van der Waals surface area contributed by atoms with Crippen LogP contribution in [-0.4, -0.2) is 17.6 Å². The predicted octanol–water partition coefficient (Wildman–Crippen LogP) is -2.03. The molecular formula is C4H9N5O. The number of nitrogens with two attached hydrogens (primary N) is 3. The Morgan fingerprint density at radius 2 is 2.10 bits per heavy atom. The number of urea groups is 1. The molecule has 1 rings (SSSR count). The van der Waals surface area contributed by atoms with Crippen LogP contribution < -0.4 is 22.6 Å². The third-order valence-electron chi connectivity index (χ3n) is 1.19. The highest BCUT2D eigenvalue weighted by atomic mass is 16.2. The molecule has 0 unspecified atom stereocenters. The third kappa shape index (κ3) is 0.960. The summed E-state index contributed by atoms with van der Waals surface area (Å²) in [6, 6.07) is -0.438. The Hall–Kier alpha value is -1.43. The summed E-state index contributed by atoms with van der Waals surface area (Å²) in [5.74, 6) is 5.37. The van der Waals surface area contributed by atoms with E-state index < -0.39 is 6.03 Å². The summed E-state index contributed by atoms with van der Waals surface area (Å²) in [5.41, 5.74) is 11.0. The number of nitrogens with zero attached hydrogens (tertiary/aromatic N) is 1. The highest BCUT2D eigenvalue weighted by Crippen LogP contribution is 1.97. The van der Waals surface area contributed by atoms with Crippen LogP contribution in [-0.2, 0) is 0 Å². The van der Waals surface area contributed by atoms with E-state index in [4.69, 9.17) is 17.3 Å². The fourth-order valence-electron chi connectivity index (χ4n) is 0.608. The first kappa shape index (κ1) is 6.69. The van der Waals surface area contributed by atoms with E-state index in [0.29, 0.717) is 5.70 Å². The lowest BCUT2D eigenvalue weighted by Crippen LogP contribution is -2.52. The molecule has 0 aromatic carbocycles. The number of hydrogen-bond acceptors (Lipinski definition) is 4. The Labute approximate surface area is 57.6 Å². The van der Waals surface area contributed by atoms with Crippen LogP contribution >= 0.6 is 0 Å². The molecule has 0 aromatic rings. The van der Waals surface area contributed by atoms with E-state index in [0.717, 1.165) is 5.01 Å². The molecule has 0 aliphatic carbocycles. The summed E-state index contributed by atoms with van der Waals surface area (Å²) in [4.78, 5) is 10.7. The highest BCUT2D eigenvalue weighted by Gasteiger charge is 2.17. The van der Waals surface area contributed by atoms with Crippen molar-refractivity contribution in [3.8, 4) is 0 Å². The Morgan fingerprint density at radius 3 is 2.60 bits per heavy atom. The first-order valence-electron chi connectivity index (χ1n) is 2.68. The van der Waals surface area contributed by atoms with Crippen molar-refractivity contribution in [2.45, 2.75) is 0 Å². The molecule has 6 nitrogen and oxygen atoms in total. The van der Waals surface area contributed by atoms with E-state index in [1.807, 2.05) is 0 Å². The number of carbonyl (C=O) groups excluding carboxylic acids is 1. The average molecular weight is 143 g/mol. The molecule has 6 heteroatoms. The van der Waals surface area contributed by atoms with Crippen molar-refractivity contribution in [1.29, 1.82) is 0 Å². The maximum Gasteiger partial charge on any atom is 0.337 e. The van der Waals surface area contributed by atoms with Gasteiger partial charge in [0, 0.05) is 0 Å². The van der Waals surface area contributed by atoms with Gasteiger partial charge in [0.2, 0.25) is 0 Å². The van der Waals surface area contributed by atoms with Gasteiger partial charge in [0.05, 0.1) is 12.2 Å². The summed E-state index contributed by atoms with van der Waals surface area (Å²) in [5, 5.41) is 3.22. The number of hydrazine groups is 1. The SMILES string of the molecule is NC1=C(N)NC(=O)N(N)C1. The lowest BCUT2D eigenvalue weighted by Gasteiger charge is -2.23. The van der Waals surface area contributed by atoms with Crippen LogP contribution in [0.4, 0.5) is 4.79 Å². The van der Waals surface area contributed by atoms with Gasteiger partial charge < -0.3 is 11.5 Å². The van der Waals surface area contributed by atoms with E-state index in [9.17, 15) is 4.79 Å². The minimum absolute atomic E-state index is 0.178. The van der Waals surface area contributed by atoms with E-state index >= 15 is 0 Å². The van der Waals surface area contributed by atoms with Crippen molar-refractivity contribution in [3.05, 3.63) is 11.5 Å². The summed E-state index contributed by atoms with van der Waals surface area (Å²) in [7, 11) is 0. The molecule has 0 spiro atoms. The van der Waals surface area contributed by atoms with Gasteiger partial charge in [-0.05, 0) is 0 Å². The smallest absolute Gasteiger partial charge is 0.337 e. The molecule has 0 fully saturated rings. The number of amides is 2. The van der Waals surface area contributed by atoms with Crippen molar-refractivity contribution in [2.24, 2.45) is 17.3 Å². The first-order chi connectivity index (χ1) is 4.61. The quantitative estimate of drug-likeness (QED) is 0.231. The summed E-state index contributed by atoms with van der Waals surface area (Å²) in [6.07, 6.45) is 0. The van der Waals surface area contributed by atoms with Crippen molar-refractivity contribution < 1.29 is 4.79 Å². The van der Waals surface area contributed by atoms with Gasteiger partial charge in [0.15, 0.2) is 0 Å². The van der Waals surface area contributed by atoms with Crippen LogP contribution in [0.15, 0.2) is 11.5 Å². The molecule has 1 aliphatic heterocycles. The molecule has 7 N–H and O–H groups in total. The maximum atomic E-state index is 10.7. The van der Waals surface area contributed by atoms with Gasteiger partial charge in [-0.15, -0.1) is 0 Å². The van der Waals surface area contributed by atoms with Gasteiger partial charge in [0.1, 0.15) is 5.82 Å². The van der Waals surface area contributed by atoms with Gasteiger partial charge in [-0.1, -0.05) is 0 Å². The minimum Gasteiger partial charge on any atom is -0.398 e. The van der Waals surface area contributed by atoms with Crippen molar-refractivity contribution in [3.63, 3.8) is 0 Å². The van der Waals surface area contributed by atoms with Crippen LogP contribution in [0, 0.1) is 0 Å². The van der Waals surface area contributed by atoms with E-state index in [2.05, 4.69) is 5.32 Å². The summed E-state index contributed by atoms with van der Waals surface area (Å²) in [6.45, 7) is 0.178. The van der Waals surface area contributed by atoms with Gasteiger partial charge >= 0.3 is 6.03 Å². The molecule has 2 amide bonds. The maximum absolute atomic E-state index is 10.7. The fourth-order valence-corrected chi connectivity index (χ4v) is 0.608. The Balaban J connectivity index is 2.79. The summed E-state index contributed by atoms with van der Waals surface area (Å²) < 4.78 is 0. The van der Waals surface area contributed by atoms with Gasteiger partial charge in [0.25, 0.3) is 0 Å². The average Bonchev–Trinajstić information content (AvgIpc) is 1.84. The standard InChI is InChI=1S/C4H9N5O/c5-2-1-9(7)4(10)8-3(2)6/h1,5-7H2,(H,8,10). The van der Waals surface area contributed by atoms with E-state index in [-0.39, 0.29) is 12.4 Å². The predicted molar refractivity (Wildman–Crippen MR) is 34.8 cm³/mol. The summed E-state index contributed by atoms with van der Waals surface area (Å²) >= 11 is 0. The fraction of sp³-hybridized carbons (Fsp3) is 0.250. The monoisotopic (exact) mass is 143 g/mol. The zero-order valence-electron chi connectivity index (χ0n) is 5.29. The van der Waals surface area contributed by atoms with E-state index in [1.54, 1.807) is 0 Å². The molecule has 0 radical (unpaired) electrons. The molecule has 0 aromatic heterocycles. The zero-order chi connectivity index (χ0) is 7.72. The van der Waals surface area contributed by atoms with Crippen molar-refractivity contribution in [1.82, 2.24) is 10.3 Å². The van der Waals surface area contributed by atoms with Crippen molar-refractivity contribution >= 4 is 6.03 Å².